The first-order chi connectivity index (χ1) is 17.6. The van der Waals surface area contributed by atoms with Crippen LogP contribution >= 0.6 is 0 Å². The molecule has 1 aromatic heterocycles. The fourth-order valence-electron chi connectivity index (χ4n) is 6.06. The van der Waals surface area contributed by atoms with Gasteiger partial charge in [0.25, 0.3) is 6.71 Å². The van der Waals surface area contributed by atoms with Crippen LogP contribution in [0.2, 0.25) is 0 Å². The van der Waals surface area contributed by atoms with Crippen molar-refractivity contribution in [1.29, 1.82) is 0 Å². The minimum absolute atomic E-state index is 0.0384. The van der Waals surface area contributed by atoms with E-state index >= 15 is 0 Å². The first kappa shape index (κ1) is 25.0. The van der Waals surface area contributed by atoms with E-state index in [0.29, 0.717) is 0 Å². The van der Waals surface area contributed by atoms with Crippen LogP contribution in [-0.4, -0.2) is 20.8 Å². The van der Waals surface area contributed by atoms with Gasteiger partial charge in [-0.15, -0.1) is 0 Å². The molecule has 0 atom stereocenters. The predicted molar refractivity (Wildman–Crippen MR) is 162 cm³/mol. The molecule has 0 N–H and O–H groups in total. The second kappa shape index (κ2) is 9.63. The van der Waals surface area contributed by atoms with Crippen LogP contribution in [-0.2, 0) is 0 Å². The van der Waals surface area contributed by atoms with Crippen molar-refractivity contribution >= 4 is 40.0 Å². The summed E-state index contributed by atoms with van der Waals surface area (Å²) < 4.78 is 6.65. The molecular weight excluding hydrogens is 449 g/mol. The Kier molecular flexibility index (Phi) is 6.49. The van der Waals surface area contributed by atoms with Gasteiger partial charge in [0.2, 0.25) is 0 Å². The molecule has 0 bridgehead atoms. The van der Waals surface area contributed by atoms with Crippen LogP contribution in [0.4, 0.5) is 5.69 Å². The molecule has 0 aliphatic rings. The number of rotatable bonds is 5. The summed E-state index contributed by atoms with van der Waals surface area (Å²) in [5.41, 5.74) is 16.1. The highest BCUT2D eigenvalue weighted by atomic mass is 16.3. The minimum atomic E-state index is 0.0384. The molecule has 1 heterocycles. The van der Waals surface area contributed by atoms with Crippen molar-refractivity contribution in [3.8, 4) is 11.1 Å². The topological polar surface area (TPSA) is 16.4 Å². The van der Waals surface area contributed by atoms with Gasteiger partial charge in [-0.1, -0.05) is 86.8 Å². The van der Waals surface area contributed by atoms with Crippen LogP contribution in [0.5, 0.6) is 0 Å². The zero-order valence-corrected chi connectivity index (χ0v) is 23.4. The SMILES string of the molecule is Cc1cc(C)c(B(c2cc3cc(-c4ccc(N(C)C)cc4)ccc3o2)c2c(C)cc(C)cc2C)c(C)c1. The van der Waals surface area contributed by atoms with Crippen molar-refractivity contribution < 1.29 is 4.42 Å². The molecule has 3 heteroatoms. The summed E-state index contributed by atoms with van der Waals surface area (Å²) in [5, 5.41) is 1.14. The van der Waals surface area contributed by atoms with Crippen LogP contribution in [0, 0.1) is 41.5 Å². The second-order valence-electron chi connectivity index (χ2n) is 10.9. The molecular formula is C34H36BNO. The highest BCUT2D eigenvalue weighted by Crippen LogP contribution is 2.27. The van der Waals surface area contributed by atoms with Crippen molar-refractivity contribution in [1.82, 2.24) is 0 Å². The number of hydrogen-bond donors (Lipinski definition) is 0. The lowest BCUT2D eigenvalue weighted by molar-refractivity contribution is 0.651. The Balaban J connectivity index is 1.68. The Hall–Kier alpha value is -3.72. The number of furan rings is 1. The standard InChI is InChI=1S/C34H36BNO/c1-21-15-23(3)33(24(4)16-21)35(34-25(5)17-22(2)18-26(34)6)32-20-29-19-28(11-14-31(29)37-32)27-9-12-30(13-10-27)36(7)8/h9-20H,1-8H3. The number of hydrogen-bond acceptors (Lipinski definition) is 2. The molecule has 37 heavy (non-hydrogen) atoms. The van der Waals surface area contributed by atoms with Crippen LogP contribution < -0.4 is 21.5 Å². The lowest BCUT2D eigenvalue weighted by Gasteiger charge is -2.22. The molecule has 0 aliphatic carbocycles. The molecule has 0 fully saturated rings. The van der Waals surface area contributed by atoms with Gasteiger partial charge in [-0.25, -0.2) is 0 Å². The molecule has 0 aliphatic heterocycles. The van der Waals surface area contributed by atoms with Crippen molar-refractivity contribution in [3.05, 3.63) is 106 Å². The average Bonchev–Trinajstić information content (AvgIpc) is 3.25. The normalized spacial score (nSPS) is 11.2. The summed E-state index contributed by atoms with van der Waals surface area (Å²) in [6, 6.07) is 26.7. The lowest BCUT2D eigenvalue weighted by atomic mass is 9.36. The third kappa shape index (κ3) is 4.71. The van der Waals surface area contributed by atoms with Gasteiger partial charge in [-0.3, -0.25) is 0 Å². The van der Waals surface area contributed by atoms with Gasteiger partial charge in [0, 0.05) is 25.2 Å². The number of nitrogens with zero attached hydrogens (tertiary/aromatic N) is 1. The maximum atomic E-state index is 6.65. The molecule has 0 saturated carbocycles. The van der Waals surface area contributed by atoms with Crippen LogP contribution in [0.3, 0.4) is 0 Å². The van der Waals surface area contributed by atoms with E-state index in [0.717, 1.165) is 16.6 Å². The molecule has 186 valence electrons. The van der Waals surface area contributed by atoms with Gasteiger partial charge in [0.15, 0.2) is 0 Å². The molecule has 2 nitrogen and oxygen atoms in total. The predicted octanol–water partition coefficient (Wildman–Crippen LogP) is 6.53. The molecule has 4 aromatic carbocycles. The van der Waals surface area contributed by atoms with Crippen molar-refractivity contribution in [2.24, 2.45) is 0 Å². The second-order valence-corrected chi connectivity index (χ2v) is 10.9. The highest BCUT2D eigenvalue weighted by Gasteiger charge is 2.31. The molecule has 0 spiro atoms. The van der Waals surface area contributed by atoms with Crippen molar-refractivity contribution in [2.45, 2.75) is 41.5 Å². The van der Waals surface area contributed by atoms with Gasteiger partial charge < -0.3 is 9.32 Å². The quantitative estimate of drug-likeness (QED) is 0.263. The number of benzene rings is 4. The maximum Gasteiger partial charge on any atom is 0.288 e. The summed E-state index contributed by atoms with van der Waals surface area (Å²) in [4.78, 5) is 2.12. The Morgan fingerprint density at radius 1 is 0.568 bits per heavy atom. The summed E-state index contributed by atoms with van der Waals surface area (Å²) in [5.74, 6) is 0. The van der Waals surface area contributed by atoms with E-state index in [1.165, 1.54) is 61.1 Å². The zero-order valence-electron chi connectivity index (χ0n) is 23.4. The fraction of sp³-hybridized carbons (Fsp3) is 0.235. The Morgan fingerprint density at radius 2 is 1.05 bits per heavy atom. The Bertz CT molecular complexity index is 1500. The summed E-state index contributed by atoms with van der Waals surface area (Å²) in [7, 11) is 4.14. The summed E-state index contributed by atoms with van der Waals surface area (Å²) in [6.07, 6.45) is 0. The molecule has 0 saturated heterocycles. The van der Waals surface area contributed by atoms with Crippen LogP contribution in [0.1, 0.15) is 33.4 Å². The van der Waals surface area contributed by atoms with E-state index in [1.807, 2.05) is 0 Å². The van der Waals surface area contributed by atoms with E-state index in [1.54, 1.807) is 0 Å². The van der Waals surface area contributed by atoms with Crippen LogP contribution in [0.25, 0.3) is 22.1 Å². The molecule has 5 aromatic rings. The third-order valence-electron chi connectivity index (χ3n) is 7.59. The Morgan fingerprint density at radius 3 is 1.54 bits per heavy atom. The van der Waals surface area contributed by atoms with Gasteiger partial charge in [-0.05, 0) is 83.0 Å². The van der Waals surface area contributed by atoms with Crippen molar-refractivity contribution in [2.75, 3.05) is 19.0 Å². The van der Waals surface area contributed by atoms with E-state index in [-0.39, 0.29) is 6.71 Å². The van der Waals surface area contributed by atoms with E-state index in [4.69, 9.17) is 4.42 Å². The summed E-state index contributed by atoms with van der Waals surface area (Å²) >= 11 is 0. The van der Waals surface area contributed by atoms with Gasteiger partial charge >= 0.3 is 0 Å². The van der Waals surface area contributed by atoms with E-state index in [9.17, 15) is 0 Å². The first-order valence-electron chi connectivity index (χ1n) is 13.1. The first-order valence-corrected chi connectivity index (χ1v) is 13.1. The largest absolute Gasteiger partial charge is 0.470 e. The molecule has 0 radical (unpaired) electrons. The number of aryl methyl sites for hydroxylation is 6. The maximum absolute atomic E-state index is 6.65. The van der Waals surface area contributed by atoms with Crippen molar-refractivity contribution in [3.63, 3.8) is 0 Å². The highest BCUT2D eigenvalue weighted by molar-refractivity contribution is 6.96. The van der Waals surface area contributed by atoms with Gasteiger partial charge in [0.05, 0.1) is 5.66 Å². The average molecular weight is 485 g/mol. The molecule has 0 amide bonds. The molecule has 5 rings (SSSR count). The number of anilines is 1. The van der Waals surface area contributed by atoms with E-state index in [2.05, 4.69) is 133 Å². The number of fused-ring (bicyclic) bond motifs is 1. The monoisotopic (exact) mass is 485 g/mol. The zero-order chi connectivity index (χ0) is 26.4. The van der Waals surface area contributed by atoms with E-state index < -0.39 is 0 Å². The fourth-order valence-corrected chi connectivity index (χ4v) is 6.06. The lowest BCUT2D eigenvalue weighted by Crippen LogP contribution is -2.55. The third-order valence-corrected chi connectivity index (χ3v) is 7.59. The van der Waals surface area contributed by atoms with Gasteiger partial charge in [0.1, 0.15) is 5.58 Å². The van der Waals surface area contributed by atoms with Crippen LogP contribution in [0.15, 0.2) is 77.2 Å². The summed E-state index contributed by atoms with van der Waals surface area (Å²) in [6.45, 7) is 13.3. The Labute approximate surface area is 222 Å². The smallest absolute Gasteiger partial charge is 0.288 e. The van der Waals surface area contributed by atoms with Gasteiger partial charge in [-0.2, -0.15) is 0 Å². The molecule has 0 unspecified atom stereocenters. The minimum Gasteiger partial charge on any atom is -0.470 e.